The second-order valence-electron chi connectivity index (χ2n) is 6.81. The highest BCUT2D eigenvalue weighted by atomic mass is 16.5. The van der Waals surface area contributed by atoms with Gasteiger partial charge in [-0.3, -0.25) is 0 Å². The predicted octanol–water partition coefficient (Wildman–Crippen LogP) is 2.79. The van der Waals surface area contributed by atoms with Gasteiger partial charge in [0.05, 0.1) is 6.54 Å². The molecule has 3 aromatic rings. The molecule has 0 spiro atoms. The van der Waals surface area contributed by atoms with E-state index in [1.165, 1.54) is 0 Å². The third-order valence-corrected chi connectivity index (χ3v) is 4.70. The summed E-state index contributed by atoms with van der Waals surface area (Å²) >= 11 is 0. The van der Waals surface area contributed by atoms with Crippen LogP contribution in [0.15, 0.2) is 39.4 Å². The van der Waals surface area contributed by atoms with E-state index < -0.39 is 0 Å². The molecule has 1 atom stereocenters. The minimum Gasteiger partial charge on any atom is -0.337 e. The van der Waals surface area contributed by atoms with E-state index in [9.17, 15) is 4.79 Å². The van der Waals surface area contributed by atoms with Crippen molar-refractivity contribution < 1.29 is 13.8 Å². The van der Waals surface area contributed by atoms with Gasteiger partial charge in [0.1, 0.15) is 6.04 Å². The minimum absolute atomic E-state index is 0.173. The van der Waals surface area contributed by atoms with Gasteiger partial charge >= 0.3 is 6.03 Å². The Bertz CT molecular complexity index is 923. The molecule has 3 heterocycles. The maximum Gasteiger partial charge on any atom is 0.318 e. The van der Waals surface area contributed by atoms with Crippen LogP contribution in [0.4, 0.5) is 4.79 Å². The van der Waals surface area contributed by atoms with Crippen molar-refractivity contribution in [3.05, 3.63) is 59.3 Å². The Labute approximate surface area is 162 Å². The van der Waals surface area contributed by atoms with Gasteiger partial charge < -0.3 is 19.3 Å². The number of benzene rings is 1. The molecular weight excluding hydrogens is 360 g/mol. The predicted molar refractivity (Wildman–Crippen MR) is 98.1 cm³/mol. The fourth-order valence-corrected chi connectivity index (χ4v) is 3.34. The molecule has 4 rings (SSSR count). The van der Waals surface area contributed by atoms with Crippen LogP contribution in [0.2, 0.25) is 0 Å². The van der Waals surface area contributed by atoms with E-state index in [1.807, 2.05) is 30.3 Å². The van der Waals surface area contributed by atoms with E-state index in [-0.39, 0.29) is 18.6 Å². The molecular formula is C19H22N6O3. The lowest BCUT2D eigenvalue weighted by atomic mass is 10.0. The quantitative estimate of drug-likeness (QED) is 0.722. The molecule has 0 radical (unpaired) electrons. The van der Waals surface area contributed by atoms with E-state index in [4.69, 9.17) is 9.05 Å². The highest BCUT2D eigenvalue weighted by Gasteiger charge is 2.32. The lowest BCUT2D eigenvalue weighted by Gasteiger charge is -2.33. The Morgan fingerprint density at radius 1 is 1.18 bits per heavy atom. The van der Waals surface area contributed by atoms with Gasteiger partial charge in [-0.05, 0) is 31.7 Å². The number of rotatable bonds is 5. The number of hydrogen-bond donors (Lipinski definition) is 1. The molecule has 2 aromatic heterocycles. The third kappa shape index (κ3) is 4.19. The Kier molecular flexibility index (Phi) is 5.31. The molecule has 1 unspecified atom stereocenters. The van der Waals surface area contributed by atoms with Crippen molar-refractivity contribution in [2.45, 2.75) is 45.2 Å². The second kappa shape index (κ2) is 8.20. The molecule has 1 aromatic carbocycles. The van der Waals surface area contributed by atoms with Crippen LogP contribution in [0.3, 0.4) is 0 Å². The third-order valence-electron chi connectivity index (χ3n) is 4.70. The van der Waals surface area contributed by atoms with E-state index in [0.717, 1.165) is 24.8 Å². The molecule has 9 nitrogen and oxygen atoms in total. The van der Waals surface area contributed by atoms with Crippen LogP contribution >= 0.6 is 0 Å². The number of hydrogen-bond acceptors (Lipinski definition) is 7. The summed E-state index contributed by atoms with van der Waals surface area (Å²) < 4.78 is 10.5. The van der Waals surface area contributed by atoms with Gasteiger partial charge in [-0.15, -0.1) is 0 Å². The summed E-state index contributed by atoms with van der Waals surface area (Å²) in [6.07, 6.45) is 3.35. The molecule has 1 aliphatic rings. The molecule has 9 heteroatoms. The summed E-state index contributed by atoms with van der Waals surface area (Å²) in [5.41, 5.74) is 1.10. The van der Waals surface area contributed by atoms with Gasteiger partial charge in [-0.25, -0.2) is 4.79 Å². The van der Waals surface area contributed by atoms with E-state index >= 15 is 0 Å². The summed E-state index contributed by atoms with van der Waals surface area (Å²) in [6.45, 7) is 2.58. The number of carbonyl (C=O) groups excluding carboxylic acids is 1. The Hall–Kier alpha value is -3.23. The summed E-state index contributed by atoms with van der Waals surface area (Å²) in [5.74, 6) is 2.02. The Morgan fingerprint density at radius 2 is 2.04 bits per heavy atom. The molecule has 1 fully saturated rings. The van der Waals surface area contributed by atoms with Crippen LogP contribution in [-0.4, -0.2) is 37.8 Å². The highest BCUT2D eigenvalue weighted by molar-refractivity contribution is 5.74. The van der Waals surface area contributed by atoms with Gasteiger partial charge in [-0.1, -0.05) is 40.6 Å². The van der Waals surface area contributed by atoms with E-state index in [0.29, 0.717) is 36.4 Å². The lowest BCUT2D eigenvalue weighted by Crippen LogP contribution is -2.44. The SMILES string of the molecule is Cc1noc(C2CCCCN2C(=O)NCc2nc(Cc3ccccc3)no2)n1. The molecule has 1 aliphatic heterocycles. The fraction of sp³-hybridized carbons (Fsp3) is 0.421. The molecule has 0 bridgehead atoms. The molecule has 1 saturated heterocycles. The van der Waals surface area contributed by atoms with Crippen LogP contribution in [0, 0.1) is 6.92 Å². The smallest absolute Gasteiger partial charge is 0.318 e. The average Bonchev–Trinajstić information content (AvgIpc) is 3.36. The van der Waals surface area contributed by atoms with Crippen LogP contribution in [0.5, 0.6) is 0 Å². The maximum absolute atomic E-state index is 12.7. The van der Waals surface area contributed by atoms with Crippen molar-refractivity contribution in [2.24, 2.45) is 0 Å². The summed E-state index contributed by atoms with van der Waals surface area (Å²) in [4.78, 5) is 23.1. The zero-order valence-corrected chi connectivity index (χ0v) is 15.7. The lowest BCUT2D eigenvalue weighted by molar-refractivity contribution is 0.131. The first-order chi connectivity index (χ1) is 13.7. The molecule has 146 valence electrons. The first-order valence-corrected chi connectivity index (χ1v) is 9.39. The van der Waals surface area contributed by atoms with Gasteiger partial charge in [0.2, 0.25) is 11.8 Å². The normalized spacial score (nSPS) is 16.9. The number of amides is 2. The molecule has 2 amide bonds. The topological polar surface area (TPSA) is 110 Å². The van der Waals surface area contributed by atoms with Crippen LogP contribution < -0.4 is 5.32 Å². The minimum atomic E-state index is -0.205. The molecule has 1 N–H and O–H groups in total. The zero-order chi connectivity index (χ0) is 19.3. The Balaban J connectivity index is 1.35. The van der Waals surface area contributed by atoms with E-state index in [1.54, 1.807) is 11.8 Å². The largest absolute Gasteiger partial charge is 0.337 e. The van der Waals surface area contributed by atoms with Crippen LogP contribution in [-0.2, 0) is 13.0 Å². The van der Waals surface area contributed by atoms with Gasteiger partial charge in [0.15, 0.2) is 11.6 Å². The summed E-state index contributed by atoms with van der Waals surface area (Å²) in [6, 6.07) is 9.51. The number of nitrogens with zero attached hydrogens (tertiary/aromatic N) is 5. The number of likely N-dealkylation sites (tertiary alicyclic amines) is 1. The van der Waals surface area contributed by atoms with Gasteiger partial charge in [-0.2, -0.15) is 9.97 Å². The first-order valence-electron chi connectivity index (χ1n) is 9.39. The molecule has 0 saturated carbocycles. The maximum atomic E-state index is 12.7. The van der Waals surface area contributed by atoms with Crippen LogP contribution in [0.25, 0.3) is 0 Å². The highest BCUT2D eigenvalue weighted by Crippen LogP contribution is 2.29. The van der Waals surface area contributed by atoms with Crippen molar-refractivity contribution in [1.82, 2.24) is 30.5 Å². The van der Waals surface area contributed by atoms with Crippen LogP contribution in [0.1, 0.15) is 54.3 Å². The van der Waals surface area contributed by atoms with Crippen molar-refractivity contribution in [3.8, 4) is 0 Å². The second-order valence-corrected chi connectivity index (χ2v) is 6.81. The number of nitrogens with one attached hydrogen (secondary N) is 1. The van der Waals surface area contributed by atoms with Crippen molar-refractivity contribution >= 4 is 6.03 Å². The number of aryl methyl sites for hydroxylation is 1. The zero-order valence-electron chi connectivity index (χ0n) is 15.7. The van der Waals surface area contributed by atoms with Gasteiger partial charge in [0, 0.05) is 13.0 Å². The van der Waals surface area contributed by atoms with Crippen molar-refractivity contribution in [1.29, 1.82) is 0 Å². The van der Waals surface area contributed by atoms with E-state index in [2.05, 4.69) is 25.6 Å². The van der Waals surface area contributed by atoms with Crippen molar-refractivity contribution in [3.63, 3.8) is 0 Å². The summed E-state index contributed by atoms with van der Waals surface area (Å²) in [7, 11) is 0. The first kappa shape index (κ1) is 18.1. The average molecular weight is 382 g/mol. The molecule has 28 heavy (non-hydrogen) atoms. The fourth-order valence-electron chi connectivity index (χ4n) is 3.34. The van der Waals surface area contributed by atoms with Gasteiger partial charge in [0.25, 0.3) is 0 Å². The molecule has 0 aliphatic carbocycles. The number of urea groups is 1. The monoisotopic (exact) mass is 382 g/mol. The van der Waals surface area contributed by atoms with Crippen molar-refractivity contribution in [2.75, 3.05) is 6.54 Å². The summed E-state index contributed by atoms with van der Waals surface area (Å²) in [5, 5.41) is 10.7. The Morgan fingerprint density at radius 3 is 2.82 bits per heavy atom. The number of carbonyl (C=O) groups is 1. The number of piperidine rings is 1. The number of aromatic nitrogens is 4. The standard InChI is InChI=1S/C19H22N6O3/c1-13-21-18(28-23-13)15-9-5-6-10-25(15)19(26)20-12-17-22-16(24-27-17)11-14-7-3-2-4-8-14/h2-4,7-8,15H,5-6,9-12H2,1H3,(H,20,26).